The van der Waals surface area contributed by atoms with Gasteiger partial charge in [0.1, 0.15) is 0 Å². The molecule has 0 saturated carbocycles. The Morgan fingerprint density at radius 1 is 1.07 bits per heavy atom. The molecule has 2 aromatic carbocycles. The third-order valence-electron chi connectivity index (χ3n) is 5.05. The van der Waals surface area contributed by atoms with Crippen molar-refractivity contribution in [1.29, 1.82) is 5.26 Å². The third kappa shape index (κ3) is 2.95. The Balaban J connectivity index is 2.03. The van der Waals surface area contributed by atoms with E-state index in [1.165, 1.54) is 9.13 Å². The average molecular weight is 385 g/mol. The van der Waals surface area contributed by atoms with Gasteiger partial charge in [-0.2, -0.15) is 5.26 Å². The number of hydrogen-bond acceptors (Lipinski definition) is 4. The number of hydrogen-bond donors (Lipinski definition) is 0. The maximum absolute atomic E-state index is 13.1. The number of imidazole rings is 1. The molecule has 0 radical (unpaired) electrons. The van der Waals surface area contributed by atoms with E-state index in [2.05, 4.69) is 11.1 Å². The second-order valence-electron chi connectivity index (χ2n) is 6.77. The van der Waals surface area contributed by atoms with E-state index in [1.54, 1.807) is 30.0 Å². The quantitative estimate of drug-likeness (QED) is 0.540. The van der Waals surface area contributed by atoms with Gasteiger partial charge in [-0.05, 0) is 37.1 Å². The molecule has 0 aliphatic rings. The monoisotopic (exact) mass is 385 g/mol. The van der Waals surface area contributed by atoms with Gasteiger partial charge in [0, 0.05) is 6.54 Å². The molecule has 4 rings (SSSR count). The van der Waals surface area contributed by atoms with Crippen LogP contribution in [0, 0.1) is 18.3 Å². The standard InChI is InChI=1S/C22H19N5O2/c1-3-26-21(28)19-20(27(22(26)29)18-11-7-4-8-15(18)2)24-14-25(19)13-17-10-6-5-9-16(17)12-23/h4-11,14H,3,13H2,1-2H3. The number of para-hydroxylation sites is 1. The van der Waals surface area contributed by atoms with Gasteiger partial charge in [-0.15, -0.1) is 0 Å². The Bertz CT molecular complexity index is 1390. The molecule has 0 spiro atoms. The number of fused-ring (bicyclic) bond motifs is 1. The summed E-state index contributed by atoms with van der Waals surface area (Å²) in [6.07, 6.45) is 1.55. The van der Waals surface area contributed by atoms with Crippen LogP contribution in [0.3, 0.4) is 0 Å². The first-order valence-electron chi connectivity index (χ1n) is 9.31. The lowest BCUT2D eigenvalue weighted by molar-refractivity contribution is 0.654. The number of rotatable bonds is 4. The molecule has 0 fully saturated rings. The molecule has 0 aliphatic heterocycles. The fourth-order valence-electron chi connectivity index (χ4n) is 3.56. The molecule has 7 nitrogen and oxygen atoms in total. The van der Waals surface area contributed by atoms with Crippen LogP contribution in [-0.4, -0.2) is 18.7 Å². The highest BCUT2D eigenvalue weighted by Gasteiger charge is 2.19. The SMILES string of the molecule is CCn1c(=O)c2c(ncn2Cc2ccccc2C#N)n(-c2ccccc2C)c1=O. The van der Waals surface area contributed by atoms with Crippen molar-refractivity contribution in [3.8, 4) is 11.8 Å². The van der Waals surface area contributed by atoms with Crippen molar-refractivity contribution >= 4 is 11.2 Å². The average Bonchev–Trinajstić information content (AvgIpc) is 3.13. The van der Waals surface area contributed by atoms with Gasteiger partial charge in [0.05, 0.1) is 30.2 Å². The van der Waals surface area contributed by atoms with E-state index in [1.807, 2.05) is 43.3 Å². The van der Waals surface area contributed by atoms with E-state index in [0.717, 1.165) is 11.1 Å². The van der Waals surface area contributed by atoms with Crippen LogP contribution < -0.4 is 11.2 Å². The zero-order valence-electron chi connectivity index (χ0n) is 16.2. The minimum atomic E-state index is -0.415. The molecule has 0 amide bonds. The first-order chi connectivity index (χ1) is 14.1. The molecule has 0 unspecified atom stereocenters. The first-order valence-corrected chi connectivity index (χ1v) is 9.31. The Morgan fingerprint density at radius 3 is 2.52 bits per heavy atom. The van der Waals surface area contributed by atoms with Gasteiger partial charge in [-0.1, -0.05) is 36.4 Å². The van der Waals surface area contributed by atoms with Gasteiger partial charge in [-0.25, -0.2) is 14.3 Å². The van der Waals surface area contributed by atoms with Gasteiger partial charge in [0.15, 0.2) is 11.2 Å². The summed E-state index contributed by atoms with van der Waals surface area (Å²) in [6, 6.07) is 16.9. The third-order valence-corrected chi connectivity index (χ3v) is 5.05. The fourth-order valence-corrected chi connectivity index (χ4v) is 3.56. The Hall–Kier alpha value is -3.92. The van der Waals surface area contributed by atoms with Crippen molar-refractivity contribution in [3.05, 3.63) is 92.4 Å². The van der Waals surface area contributed by atoms with Crippen molar-refractivity contribution in [2.45, 2.75) is 26.9 Å². The highest BCUT2D eigenvalue weighted by Crippen LogP contribution is 2.18. The lowest BCUT2D eigenvalue weighted by Gasteiger charge is -2.13. The molecule has 0 bridgehead atoms. The summed E-state index contributed by atoms with van der Waals surface area (Å²) in [6.45, 7) is 4.24. The molecule has 0 saturated heterocycles. The van der Waals surface area contributed by atoms with Crippen LogP contribution in [0.15, 0.2) is 64.4 Å². The second kappa shape index (κ2) is 7.24. The fraction of sp³-hybridized carbons (Fsp3) is 0.182. The predicted molar refractivity (Wildman–Crippen MR) is 110 cm³/mol. The lowest BCUT2D eigenvalue weighted by atomic mass is 10.1. The van der Waals surface area contributed by atoms with Crippen LogP contribution in [0.1, 0.15) is 23.6 Å². The zero-order valence-corrected chi connectivity index (χ0v) is 16.2. The summed E-state index contributed by atoms with van der Waals surface area (Å²) in [7, 11) is 0. The van der Waals surface area contributed by atoms with E-state index < -0.39 is 5.69 Å². The minimum absolute atomic E-state index is 0.249. The Morgan fingerprint density at radius 2 is 1.79 bits per heavy atom. The lowest BCUT2D eigenvalue weighted by Crippen LogP contribution is -2.39. The van der Waals surface area contributed by atoms with Crippen LogP contribution in [-0.2, 0) is 13.1 Å². The van der Waals surface area contributed by atoms with E-state index in [-0.39, 0.29) is 12.1 Å². The smallest absolute Gasteiger partial charge is 0.320 e. The van der Waals surface area contributed by atoms with Crippen molar-refractivity contribution in [2.24, 2.45) is 0 Å². The topological polar surface area (TPSA) is 85.6 Å². The van der Waals surface area contributed by atoms with Crippen LogP contribution in [0.4, 0.5) is 0 Å². The summed E-state index contributed by atoms with van der Waals surface area (Å²) in [5, 5.41) is 9.37. The van der Waals surface area contributed by atoms with Crippen molar-refractivity contribution < 1.29 is 0 Å². The molecule has 0 aliphatic carbocycles. The Labute approximate surface area is 166 Å². The van der Waals surface area contributed by atoms with E-state index in [4.69, 9.17) is 0 Å². The van der Waals surface area contributed by atoms with E-state index in [9.17, 15) is 14.9 Å². The van der Waals surface area contributed by atoms with E-state index in [0.29, 0.717) is 29.0 Å². The number of aromatic nitrogens is 4. The molecular formula is C22H19N5O2. The number of nitriles is 1. The molecule has 0 atom stereocenters. The molecule has 7 heteroatoms. The zero-order chi connectivity index (χ0) is 20.5. The Kier molecular flexibility index (Phi) is 4.61. The minimum Gasteiger partial charge on any atom is -0.320 e. The van der Waals surface area contributed by atoms with Gasteiger partial charge in [-0.3, -0.25) is 9.36 Å². The number of nitrogens with zero attached hydrogens (tertiary/aromatic N) is 5. The van der Waals surface area contributed by atoms with E-state index >= 15 is 0 Å². The molecule has 2 heterocycles. The van der Waals surface area contributed by atoms with Crippen LogP contribution >= 0.6 is 0 Å². The number of aryl methyl sites for hydroxylation is 1. The summed E-state index contributed by atoms with van der Waals surface area (Å²) in [5.74, 6) is 0. The molecule has 0 N–H and O–H groups in total. The second-order valence-corrected chi connectivity index (χ2v) is 6.77. The summed E-state index contributed by atoms with van der Waals surface area (Å²) in [4.78, 5) is 30.6. The van der Waals surface area contributed by atoms with Gasteiger partial charge in [0.25, 0.3) is 5.56 Å². The van der Waals surface area contributed by atoms with Crippen molar-refractivity contribution in [3.63, 3.8) is 0 Å². The maximum atomic E-state index is 13.1. The molecule has 2 aromatic heterocycles. The predicted octanol–water partition coefficient (Wildman–Crippen LogP) is 2.60. The number of benzene rings is 2. The normalized spacial score (nSPS) is 10.9. The van der Waals surface area contributed by atoms with Crippen LogP contribution in [0.5, 0.6) is 0 Å². The highest BCUT2D eigenvalue weighted by molar-refractivity contribution is 5.73. The molecule has 4 aromatic rings. The van der Waals surface area contributed by atoms with Crippen LogP contribution in [0.2, 0.25) is 0 Å². The summed E-state index contributed by atoms with van der Waals surface area (Å²) < 4.78 is 4.40. The van der Waals surface area contributed by atoms with Gasteiger partial charge >= 0.3 is 5.69 Å². The summed E-state index contributed by atoms with van der Waals surface area (Å²) in [5.41, 5.74) is 2.76. The highest BCUT2D eigenvalue weighted by atomic mass is 16.2. The first kappa shape index (κ1) is 18.4. The summed E-state index contributed by atoms with van der Waals surface area (Å²) >= 11 is 0. The molecule has 29 heavy (non-hydrogen) atoms. The molecular weight excluding hydrogens is 366 g/mol. The van der Waals surface area contributed by atoms with Crippen LogP contribution in [0.25, 0.3) is 16.9 Å². The van der Waals surface area contributed by atoms with Gasteiger partial charge < -0.3 is 4.57 Å². The largest absolute Gasteiger partial charge is 0.337 e. The van der Waals surface area contributed by atoms with Crippen molar-refractivity contribution in [2.75, 3.05) is 0 Å². The van der Waals surface area contributed by atoms with Gasteiger partial charge in [0.2, 0.25) is 0 Å². The molecule has 144 valence electrons. The maximum Gasteiger partial charge on any atom is 0.337 e. The van der Waals surface area contributed by atoms with Crippen molar-refractivity contribution in [1.82, 2.24) is 18.7 Å².